The van der Waals surface area contributed by atoms with Crippen LogP contribution >= 0.6 is 0 Å². The molecular formula is C19H13F2N5O2. The predicted molar refractivity (Wildman–Crippen MR) is 95.5 cm³/mol. The van der Waals surface area contributed by atoms with Crippen molar-refractivity contribution in [2.24, 2.45) is 0 Å². The summed E-state index contributed by atoms with van der Waals surface area (Å²) >= 11 is 0. The Labute approximate surface area is 157 Å². The van der Waals surface area contributed by atoms with Gasteiger partial charge in [0.25, 0.3) is 11.4 Å². The number of aromatic nitrogens is 5. The molecule has 9 heteroatoms. The summed E-state index contributed by atoms with van der Waals surface area (Å²) in [5.74, 6) is -0.772. The topological polar surface area (TPSA) is 86.7 Å². The Balaban J connectivity index is 1.52. The van der Waals surface area contributed by atoms with Crippen molar-refractivity contribution in [1.29, 1.82) is 0 Å². The van der Waals surface area contributed by atoms with Gasteiger partial charge in [0.1, 0.15) is 0 Å². The first-order chi connectivity index (χ1) is 13.6. The maximum absolute atomic E-state index is 12.5. The SMILES string of the molecule is O=c1cc(-c2cccnc2)ccn1Cc1ccc(-c2nnc(C(F)F)o2)cn1. The second kappa shape index (κ2) is 7.47. The van der Waals surface area contributed by atoms with Crippen LogP contribution < -0.4 is 5.56 Å². The van der Waals surface area contributed by atoms with Crippen molar-refractivity contribution in [2.75, 3.05) is 0 Å². The van der Waals surface area contributed by atoms with Crippen molar-refractivity contribution in [2.45, 2.75) is 13.0 Å². The molecule has 4 aromatic heterocycles. The van der Waals surface area contributed by atoms with Crippen molar-refractivity contribution in [3.63, 3.8) is 0 Å². The fourth-order valence-corrected chi connectivity index (χ4v) is 2.61. The van der Waals surface area contributed by atoms with Crippen molar-refractivity contribution in [3.05, 3.63) is 83.1 Å². The summed E-state index contributed by atoms with van der Waals surface area (Å²) in [5, 5.41) is 6.86. The number of hydrogen-bond acceptors (Lipinski definition) is 6. The summed E-state index contributed by atoms with van der Waals surface area (Å²) in [7, 11) is 0. The van der Waals surface area contributed by atoms with Gasteiger partial charge in [-0.3, -0.25) is 14.8 Å². The first-order valence-corrected chi connectivity index (χ1v) is 8.28. The summed E-state index contributed by atoms with van der Waals surface area (Å²) in [4.78, 5) is 20.7. The highest BCUT2D eigenvalue weighted by molar-refractivity contribution is 5.61. The Morgan fingerprint density at radius 3 is 2.57 bits per heavy atom. The molecule has 0 aliphatic heterocycles. The van der Waals surface area contributed by atoms with E-state index in [9.17, 15) is 13.6 Å². The van der Waals surface area contributed by atoms with Gasteiger partial charge in [0.05, 0.1) is 17.8 Å². The van der Waals surface area contributed by atoms with Crippen LogP contribution in [-0.4, -0.2) is 24.7 Å². The Morgan fingerprint density at radius 2 is 1.93 bits per heavy atom. The summed E-state index contributed by atoms with van der Waals surface area (Å²) in [6.07, 6.45) is 3.66. The smallest absolute Gasteiger partial charge is 0.314 e. The maximum Gasteiger partial charge on any atom is 0.314 e. The minimum Gasteiger partial charge on any atom is -0.415 e. The number of hydrogen-bond donors (Lipinski definition) is 0. The third-order valence-electron chi connectivity index (χ3n) is 4.02. The minimum atomic E-state index is -2.82. The largest absolute Gasteiger partial charge is 0.415 e. The van der Waals surface area contributed by atoms with E-state index in [2.05, 4.69) is 20.2 Å². The molecule has 28 heavy (non-hydrogen) atoms. The van der Waals surface area contributed by atoms with Gasteiger partial charge in [-0.2, -0.15) is 8.78 Å². The van der Waals surface area contributed by atoms with Crippen LogP contribution in [0, 0.1) is 0 Å². The Kier molecular flexibility index (Phi) is 4.71. The van der Waals surface area contributed by atoms with Crippen molar-refractivity contribution >= 4 is 0 Å². The lowest BCUT2D eigenvalue weighted by atomic mass is 10.1. The van der Waals surface area contributed by atoms with E-state index in [1.807, 2.05) is 12.1 Å². The van der Waals surface area contributed by atoms with Crippen LogP contribution in [0.2, 0.25) is 0 Å². The molecule has 0 aromatic carbocycles. The van der Waals surface area contributed by atoms with Gasteiger partial charge < -0.3 is 8.98 Å². The number of nitrogens with zero attached hydrogens (tertiary/aromatic N) is 5. The van der Waals surface area contributed by atoms with Gasteiger partial charge in [-0.05, 0) is 29.8 Å². The predicted octanol–water partition coefficient (Wildman–Crippen LogP) is 3.34. The molecule has 0 saturated carbocycles. The molecule has 7 nitrogen and oxygen atoms in total. The van der Waals surface area contributed by atoms with Gasteiger partial charge >= 0.3 is 6.43 Å². The molecule has 0 N–H and O–H groups in total. The zero-order valence-electron chi connectivity index (χ0n) is 14.4. The molecule has 0 spiro atoms. The summed E-state index contributed by atoms with van der Waals surface area (Å²) in [6, 6.07) is 10.3. The van der Waals surface area contributed by atoms with Crippen LogP contribution in [0.15, 0.2) is 70.4 Å². The normalized spacial score (nSPS) is 11.1. The minimum absolute atomic E-state index is 0.0349. The summed E-state index contributed by atoms with van der Waals surface area (Å²) < 4.78 is 31.5. The van der Waals surface area contributed by atoms with Gasteiger partial charge in [0.15, 0.2) is 0 Å². The molecule has 4 rings (SSSR count). The molecule has 0 atom stereocenters. The fraction of sp³-hybridized carbons (Fsp3) is 0.105. The van der Waals surface area contributed by atoms with E-state index < -0.39 is 12.3 Å². The highest BCUT2D eigenvalue weighted by atomic mass is 19.3. The van der Waals surface area contributed by atoms with Crippen molar-refractivity contribution < 1.29 is 13.2 Å². The monoisotopic (exact) mass is 381 g/mol. The van der Waals surface area contributed by atoms with E-state index in [4.69, 9.17) is 4.42 Å². The van der Waals surface area contributed by atoms with Crippen LogP contribution in [-0.2, 0) is 6.54 Å². The lowest BCUT2D eigenvalue weighted by Gasteiger charge is -2.07. The van der Waals surface area contributed by atoms with Gasteiger partial charge in [-0.1, -0.05) is 6.07 Å². The molecule has 4 heterocycles. The van der Waals surface area contributed by atoms with E-state index in [1.54, 1.807) is 36.8 Å². The summed E-state index contributed by atoms with van der Waals surface area (Å²) in [5.41, 5.74) is 2.50. The van der Waals surface area contributed by atoms with E-state index in [1.165, 1.54) is 16.8 Å². The Bertz CT molecular complexity index is 1140. The van der Waals surface area contributed by atoms with E-state index in [-0.39, 0.29) is 18.0 Å². The van der Waals surface area contributed by atoms with Gasteiger partial charge in [0.2, 0.25) is 5.89 Å². The van der Waals surface area contributed by atoms with E-state index >= 15 is 0 Å². The molecule has 0 aliphatic carbocycles. The number of alkyl halides is 2. The number of pyridine rings is 3. The van der Waals surface area contributed by atoms with Gasteiger partial charge in [-0.15, -0.1) is 10.2 Å². The molecule has 0 fully saturated rings. The van der Waals surface area contributed by atoms with Gasteiger partial charge in [0, 0.05) is 36.4 Å². The highest BCUT2D eigenvalue weighted by Gasteiger charge is 2.17. The van der Waals surface area contributed by atoms with Crippen molar-refractivity contribution in [3.8, 4) is 22.6 Å². The Hall–Kier alpha value is -3.75. The van der Waals surface area contributed by atoms with Gasteiger partial charge in [-0.25, -0.2) is 0 Å². The number of halogens is 2. The molecule has 0 aliphatic rings. The fourth-order valence-electron chi connectivity index (χ4n) is 2.61. The van der Waals surface area contributed by atoms with Crippen LogP contribution in [0.3, 0.4) is 0 Å². The standard InChI is InChI=1S/C19H13F2N5O2/c20-17(21)19-25-24-18(28-19)14-3-4-15(23-10-14)11-26-7-5-12(8-16(26)27)13-2-1-6-22-9-13/h1-10,17H,11H2. The molecule has 0 bridgehead atoms. The third kappa shape index (κ3) is 3.68. The number of rotatable bonds is 5. The second-order valence-corrected chi connectivity index (χ2v) is 5.91. The zero-order chi connectivity index (χ0) is 19.5. The van der Waals surface area contributed by atoms with Crippen molar-refractivity contribution in [1.82, 2.24) is 24.7 Å². The lowest BCUT2D eigenvalue weighted by Crippen LogP contribution is -2.19. The second-order valence-electron chi connectivity index (χ2n) is 5.91. The lowest BCUT2D eigenvalue weighted by molar-refractivity contribution is 0.116. The molecule has 4 aromatic rings. The van der Waals surface area contributed by atoms with E-state index in [0.717, 1.165) is 11.1 Å². The summed E-state index contributed by atoms with van der Waals surface area (Å²) in [6.45, 7) is 0.262. The molecule has 0 amide bonds. The van der Waals surface area contributed by atoms with Crippen LogP contribution in [0.4, 0.5) is 8.78 Å². The molecule has 0 radical (unpaired) electrons. The first kappa shape index (κ1) is 17.7. The molecular weight excluding hydrogens is 368 g/mol. The quantitative estimate of drug-likeness (QED) is 0.527. The van der Waals surface area contributed by atoms with Crippen LogP contribution in [0.1, 0.15) is 18.0 Å². The van der Waals surface area contributed by atoms with Crippen LogP contribution in [0.5, 0.6) is 0 Å². The Morgan fingerprint density at radius 1 is 1.04 bits per heavy atom. The molecule has 0 saturated heterocycles. The van der Waals surface area contributed by atoms with Crippen LogP contribution in [0.25, 0.3) is 22.6 Å². The molecule has 0 unspecified atom stereocenters. The van der Waals surface area contributed by atoms with E-state index in [0.29, 0.717) is 11.3 Å². The highest BCUT2D eigenvalue weighted by Crippen LogP contribution is 2.22. The maximum atomic E-state index is 12.5. The zero-order valence-corrected chi connectivity index (χ0v) is 14.4. The third-order valence-corrected chi connectivity index (χ3v) is 4.02. The first-order valence-electron chi connectivity index (χ1n) is 8.28. The average Bonchev–Trinajstić information content (AvgIpc) is 3.21. The molecule has 140 valence electrons. The average molecular weight is 381 g/mol.